The Hall–Kier alpha value is -2.84. The van der Waals surface area contributed by atoms with E-state index in [2.05, 4.69) is 10.5 Å². The Morgan fingerprint density at radius 1 is 1.45 bits per heavy atom. The maximum absolute atomic E-state index is 11.4. The maximum atomic E-state index is 11.4. The van der Waals surface area contributed by atoms with Crippen LogP contribution in [0.3, 0.4) is 0 Å². The highest BCUT2D eigenvalue weighted by Crippen LogP contribution is 2.33. The minimum absolute atomic E-state index is 0.0158. The number of benzene rings is 1. The van der Waals surface area contributed by atoms with Gasteiger partial charge in [-0.15, -0.1) is 0 Å². The number of phenols is 1. The van der Waals surface area contributed by atoms with Crippen molar-refractivity contribution >= 4 is 18.0 Å². The standard InChI is InChI=1S/C13H17N3O6/c1-13(2,3)22-12(18)15-14-7-8-5-9(16(19)20)6-10(21-4)11(8)17/h5-7,17H,1-4H3,(H,15,18)/b14-7-. The molecule has 0 aliphatic rings. The van der Waals surface area contributed by atoms with Crippen LogP contribution in [0.5, 0.6) is 11.5 Å². The first-order chi connectivity index (χ1) is 10.1. The van der Waals surface area contributed by atoms with E-state index in [1.165, 1.54) is 7.11 Å². The zero-order valence-electron chi connectivity index (χ0n) is 12.6. The smallest absolute Gasteiger partial charge is 0.428 e. The van der Waals surface area contributed by atoms with Crippen LogP contribution in [-0.2, 0) is 4.74 Å². The Morgan fingerprint density at radius 2 is 2.09 bits per heavy atom. The van der Waals surface area contributed by atoms with Crippen molar-refractivity contribution in [2.45, 2.75) is 26.4 Å². The van der Waals surface area contributed by atoms with Gasteiger partial charge in [0.1, 0.15) is 5.60 Å². The molecule has 1 amide bonds. The van der Waals surface area contributed by atoms with Gasteiger partial charge in [-0.05, 0) is 20.8 Å². The van der Waals surface area contributed by atoms with Crippen molar-refractivity contribution in [1.29, 1.82) is 0 Å². The first-order valence-electron chi connectivity index (χ1n) is 6.21. The van der Waals surface area contributed by atoms with Crippen molar-refractivity contribution in [3.05, 3.63) is 27.8 Å². The molecule has 0 unspecified atom stereocenters. The maximum Gasteiger partial charge on any atom is 0.428 e. The average molecular weight is 311 g/mol. The number of nitrogens with one attached hydrogen (secondary N) is 1. The topological polar surface area (TPSA) is 123 Å². The minimum atomic E-state index is -0.791. The molecular weight excluding hydrogens is 294 g/mol. The fraction of sp³-hybridized carbons (Fsp3) is 0.385. The van der Waals surface area contributed by atoms with Gasteiger partial charge in [-0.3, -0.25) is 10.1 Å². The third-order valence-electron chi connectivity index (χ3n) is 2.28. The molecule has 0 aromatic heterocycles. The molecule has 1 aromatic rings. The summed E-state index contributed by atoms with van der Waals surface area (Å²) >= 11 is 0. The molecule has 120 valence electrons. The lowest BCUT2D eigenvalue weighted by atomic mass is 10.2. The van der Waals surface area contributed by atoms with Crippen molar-refractivity contribution in [2.75, 3.05) is 7.11 Å². The van der Waals surface area contributed by atoms with Gasteiger partial charge >= 0.3 is 6.09 Å². The molecule has 0 spiro atoms. The Balaban J connectivity index is 2.93. The second-order valence-corrected chi connectivity index (χ2v) is 5.21. The summed E-state index contributed by atoms with van der Waals surface area (Å²) in [6.07, 6.45) is 0.259. The number of carbonyl (C=O) groups excluding carboxylic acids is 1. The van der Waals surface area contributed by atoms with E-state index in [0.29, 0.717) is 0 Å². The van der Waals surface area contributed by atoms with E-state index < -0.39 is 16.6 Å². The zero-order chi connectivity index (χ0) is 16.9. The van der Waals surface area contributed by atoms with E-state index in [1.807, 2.05) is 0 Å². The van der Waals surface area contributed by atoms with Crippen LogP contribution in [0.4, 0.5) is 10.5 Å². The van der Waals surface area contributed by atoms with E-state index in [-0.39, 0.29) is 22.7 Å². The van der Waals surface area contributed by atoms with E-state index in [1.54, 1.807) is 20.8 Å². The number of carbonyl (C=O) groups is 1. The second-order valence-electron chi connectivity index (χ2n) is 5.21. The van der Waals surface area contributed by atoms with Crippen LogP contribution in [-0.4, -0.2) is 35.0 Å². The molecule has 9 nitrogen and oxygen atoms in total. The Morgan fingerprint density at radius 3 is 2.59 bits per heavy atom. The summed E-state index contributed by atoms with van der Waals surface area (Å²) in [6.45, 7) is 5.06. The summed E-state index contributed by atoms with van der Waals surface area (Å²) < 4.78 is 9.80. The predicted molar refractivity (Wildman–Crippen MR) is 78.3 cm³/mol. The third kappa shape index (κ3) is 4.93. The molecule has 0 aliphatic heterocycles. The van der Waals surface area contributed by atoms with Crippen molar-refractivity contribution in [2.24, 2.45) is 5.10 Å². The number of nitro groups is 1. The highest BCUT2D eigenvalue weighted by molar-refractivity contribution is 5.87. The van der Waals surface area contributed by atoms with Crippen molar-refractivity contribution < 1.29 is 24.3 Å². The zero-order valence-corrected chi connectivity index (χ0v) is 12.6. The largest absolute Gasteiger partial charge is 0.504 e. The van der Waals surface area contributed by atoms with Crippen molar-refractivity contribution in [3.8, 4) is 11.5 Å². The van der Waals surface area contributed by atoms with Crippen LogP contribution >= 0.6 is 0 Å². The van der Waals surface area contributed by atoms with Crippen LogP contribution in [0, 0.1) is 10.1 Å². The van der Waals surface area contributed by atoms with E-state index in [0.717, 1.165) is 18.3 Å². The van der Waals surface area contributed by atoms with Crippen molar-refractivity contribution in [1.82, 2.24) is 5.43 Å². The van der Waals surface area contributed by atoms with Gasteiger partial charge in [0.25, 0.3) is 5.69 Å². The van der Waals surface area contributed by atoms with Gasteiger partial charge in [0.05, 0.1) is 24.3 Å². The van der Waals surface area contributed by atoms with E-state index in [9.17, 15) is 20.0 Å². The number of phenolic OH excluding ortho intramolecular Hbond substituents is 1. The minimum Gasteiger partial charge on any atom is -0.504 e. The van der Waals surface area contributed by atoms with Gasteiger partial charge in [0.2, 0.25) is 0 Å². The number of amides is 1. The molecule has 1 aromatic carbocycles. The van der Waals surface area contributed by atoms with Gasteiger partial charge in [0.15, 0.2) is 11.5 Å². The first-order valence-corrected chi connectivity index (χ1v) is 6.21. The van der Waals surface area contributed by atoms with Crippen LogP contribution in [0.1, 0.15) is 26.3 Å². The fourth-order valence-corrected chi connectivity index (χ4v) is 1.43. The molecule has 0 atom stereocenters. The normalized spacial score (nSPS) is 11.3. The summed E-state index contributed by atoms with van der Waals surface area (Å²) in [7, 11) is 1.26. The van der Waals surface area contributed by atoms with Gasteiger partial charge in [-0.1, -0.05) is 0 Å². The lowest BCUT2D eigenvalue weighted by Crippen LogP contribution is -2.29. The summed E-state index contributed by atoms with van der Waals surface area (Å²) in [6, 6.07) is 2.17. The number of hydrazone groups is 1. The lowest BCUT2D eigenvalue weighted by Gasteiger charge is -2.18. The summed E-state index contributed by atoms with van der Waals surface area (Å²) in [5.41, 5.74) is 1.14. The number of rotatable bonds is 4. The summed E-state index contributed by atoms with van der Waals surface area (Å²) in [5, 5.41) is 24.2. The fourth-order valence-electron chi connectivity index (χ4n) is 1.43. The molecular formula is C13H17N3O6. The van der Waals surface area contributed by atoms with Crippen LogP contribution in [0.2, 0.25) is 0 Å². The molecule has 1 rings (SSSR count). The highest BCUT2D eigenvalue weighted by Gasteiger charge is 2.17. The van der Waals surface area contributed by atoms with Gasteiger partial charge in [0, 0.05) is 11.6 Å². The number of nitrogens with zero attached hydrogens (tertiary/aromatic N) is 2. The number of ether oxygens (including phenoxy) is 2. The number of aromatic hydroxyl groups is 1. The van der Waals surface area contributed by atoms with Crippen LogP contribution < -0.4 is 10.2 Å². The Kier molecular flexibility index (Phi) is 5.28. The predicted octanol–water partition coefficient (Wildman–Crippen LogP) is 2.17. The second kappa shape index (κ2) is 6.74. The molecule has 0 radical (unpaired) electrons. The quantitative estimate of drug-likeness (QED) is 0.499. The Bertz CT molecular complexity index is 607. The Labute approximate surface area is 126 Å². The number of nitro benzene ring substituents is 1. The molecule has 0 saturated heterocycles. The van der Waals surface area contributed by atoms with Gasteiger partial charge in [-0.25, -0.2) is 10.2 Å². The molecule has 22 heavy (non-hydrogen) atoms. The lowest BCUT2D eigenvalue weighted by molar-refractivity contribution is -0.385. The number of hydrogen-bond acceptors (Lipinski definition) is 7. The molecule has 9 heteroatoms. The SMILES string of the molecule is COc1cc([N+](=O)[O-])cc(/C=N\NC(=O)OC(C)(C)C)c1O. The molecule has 0 fully saturated rings. The third-order valence-corrected chi connectivity index (χ3v) is 2.28. The van der Waals surface area contributed by atoms with Gasteiger partial charge < -0.3 is 14.6 Å². The average Bonchev–Trinajstić information content (AvgIpc) is 2.38. The monoisotopic (exact) mass is 311 g/mol. The van der Waals surface area contributed by atoms with E-state index in [4.69, 9.17) is 9.47 Å². The summed E-state index contributed by atoms with van der Waals surface area (Å²) in [4.78, 5) is 21.6. The van der Waals surface area contributed by atoms with Gasteiger partial charge in [-0.2, -0.15) is 5.10 Å². The number of methoxy groups -OCH3 is 1. The molecule has 0 heterocycles. The van der Waals surface area contributed by atoms with Crippen LogP contribution in [0.15, 0.2) is 17.2 Å². The highest BCUT2D eigenvalue weighted by atomic mass is 16.6. The van der Waals surface area contributed by atoms with Crippen LogP contribution in [0.25, 0.3) is 0 Å². The molecule has 0 saturated carbocycles. The number of non-ortho nitro benzene ring substituents is 1. The van der Waals surface area contributed by atoms with E-state index >= 15 is 0 Å². The molecule has 0 aliphatic carbocycles. The molecule has 2 N–H and O–H groups in total. The molecule has 0 bridgehead atoms. The van der Waals surface area contributed by atoms with Crippen molar-refractivity contribution in [3.63, 3.8) is 0 Å². The number of hydrogen-bond donors (Lipinski definition) is 2. The first kappa shape index (κ1) is 17.2. The summed E-state index contributed by atoms with van der Waals surface area (Å²) in [5.74, 6) is -0.407.